The van der Waals surface area contributed by atoms with Crippen molar-refractivity contribution in [2.45, 2.75) is 37.9 Å². The number of hydrogen-bond acceptors (Lipinski definition) is 2. The van der Waals surface area contributed by atoms with Crippen LogP contribution in [0.15, 0.2) is 24.3 Å². The van der Waals surface area contributed by atoms with Crippen LogP contribution in [0.5, 0.6) is 0 Å². The van der Waals surface area contributed by atoms with Gasteiger partial charge in [0, 0.05) is 11.6 Å². The van der Waals surface area contributed by atoms with Crippen molar-refractivity contribution in [3.8, 4) is 0 Å². The van der Waals surface area contributed by atoms with E-state index < -0.39 is 0 Å². The van der Waals surface area contributed by atoms with Gasteiger partial charge in [0.15, 0.2) is 0 Å². The highest BCUT2D eigenvalue weighted by Crippen LogP contribution is 2.48. The Morgan fingerprint density at radius 2 is 2.05 bits per heavy atom. The van der Waals surface area contributed by atoms with Crippen LogP contribution in [-0.4, -0.2) is 23.4 Å². The molecule has 0 radical (unpaired) electrons. The SMILES string of the molecule is O=C1CNC(c2ccccc2F)N1C1CC2CCC1C2. The van der Waals surface area contributed by atoms with E-state index in [1.807, 2.05) is 11.0 Å². The summed E-state index contributed by atoms with van der Waals surface area (Å²) >= 11 is 0. The van der Waals surface area contributed by atoms with Crippen molar-refractivity contribution < 1.29 is 9.18 Å². The zero-order valence-corrected chi connectivity index (χ0v) is 11.4. The lowest BCUT2D eigenvalue weighted by molar-refractivity contribution is -0.131. The summed E-state index contributed by atoms with van der Waals surface area (Å²) in [4.78, 5) is 14.2. The summed E-state index contributed by atoms with van der Waals surface area (Å²) in [6, 6.07) is 7.09. The van der Waals surface area contributed by atoms with Gasteiger partial charge in [0.05, 0.1) is 6.54 Å². The van der Waals surface area contributed by atoms with E-state index in [0.29, 0.717) is 24.1 Å². The summed E-state index contributed by atoms with van der Waals surface area (Å²) < 4.78 is 14.0. The van der Waals surface area contributed by atoms with Crippen LogP contribution in [0.1, 0.15) is 37.4 Å². The van der Waals surface area contributed by atoms with E-state index in [1.165, 1.54) is 25.3 Å². The highest BCUT2D eigenvalue weighted by Gasteiger charge is 2.48. The van der Waals surface area contributed by atoms with Gasteiger partial charge in [-0.3, -0.25) is 10.1 Å². The summed E-state index contributed by atoms with van der Waals surface area (Å²) in [5, 5.41) is 3.19. The topological polar surface area (TPSA) is 32.3 Å². The van der Waals surface area contributed by atoms with Gasteiger partial charge in [-0.15, -0.1) is 0 Å². The van der Waals surface area contributed by atoms with Gasteiger partial charge in [0.2, 0.25) is 5.91 Å². The van der Waals surface area contributed by atoms with Crippen molar-refractivity contribution in [1.29, 1.82) is 0 Å². The molecule has 106 valence electrons. The molecule has 2 bridgehead atoms. The zero-order chi connectivity index (χ0) is 13.7. The molecule has 3 nitrogen and oxygen atoms in total. The molecule has 2 saturated carbocycles. The molecular formula is C16H19FN2O. The van der Waals surface area contributed by atoms with E-state index in [-0.39, 0.29) is 17.9 Å². The van der Waals surface area contributed by atoms with Crippen molar-refractivity contribution in [3.05, 3.63) is 35.6 Å². The predicted octanol–water partition coefficient (Wildman–Crippen LogP) is 2.44. The van der Waals surface area contributed by atoms with Gasteiger partial charge < -0.3 is 4.90 Å². The molecule has 0 spiro atoms. The van der Waals surface area contributed by atoms with Crippen molar-refractivity contribution in [1.82, 2.24) is 10.2 Å². The maximum Gasteiger partial charge on any atom is 0.238 e. The van der Waals surface area contributed by atoms with Crippen LogP contribution in [0, 0.1) is 17.7 Å². The lowest BCUT2D eigenvalue weighted by Gasteiger charge is -2.35. The first-order valence-corrected chi connectivity index (χ1v) is 7.53. The molecule has 1 aromatic carbocycles. The summed E-state index contributed by atoms with van der Waals surface area (Å²) in [5.74, 6) is 1.29. The van der Waals surface area contributed by atoms with Gasteiger partial charge in [-0.2, -0.15) is 0 Å². The lowest BCUT2D eigenvalue weighted by atomic mass is 9.93. The average Bonchev–Trinajstić information content (AvgIpc) is 3.14. The fourth-order valence-electron chi connectivity index (χ4n) is 4.40. The van der Waals surface area contributed by atoms with E-state index in [2.05, 4.69) is 5.32 Å². The first kappa shape index (κ1) is 12.3. The van der Waals surface area contributed by atoms with Crippen LogP contribution in [0.25, 0.3) is 0 Å². The van der Waals surface area contributed by atoms with Gasteiger partial charge in [0.1, 0.15) is 12.0 Å². The second kappa shape index (κ2) is 4.55. The molecule has 4 rings (SSSR count). The molecule has 3 aliphatic rings. The Hall–Kier alpha value is -1.42. The van der Waals surface area contributed by atoms with Gasteiger partial charge in [-0.05, 0) is 37.2 Å². The Balaban J connectivity index is 1.66. The largest absolute Gasteiger partial charge is 0.318 e. The normalized spacial score (nSPS) is 36.0. The third kappa shape index (κ3) is 1.78. The number of hydrogen-bond donors (Lipinski definition) is 1. The number of rotatable bonds is 2. The molecule has 1 aliphatic heterocycles. The molecule has 1 amide bonds. The molecule has 1 heterocycles. The van der Waals surface area contributed by atoms with Gasteiger partial charge >= 0.3 is 0 Å². The van der Waals surface area contributed by atoms with E-state index >= 15 is 0 Å². The fourth-order valence-corrected chi connectivity index (χ4v) is 4.40. The predicted molar refractivity (Wildman–Crippen MR) is 73.2 cm³/mol. The van der Waals surface area contributed by atoms with Crippen LogP contribution in [0.4, 0.5) is 4.39 Å². The average molecular weight is 274 g/mol. The van der Waals surface area contributed by atoms with E-state index in [4.69, 9.17) is 0 Å². The summed E-state index contributed by atoms with van der Waals surface area (Å²) in [5.41, 5.74) is 0.598. The number of amides is 1. The second-order valence-corrected chi connectivity index (χ2v) is 6.35. The molecular weight excluding hydrogens is 255 g/mol. The third-order valence-corrected chi connectivity index (χ3v) is 5.27. The van der Waals surface area contributed by atoms with Crippen molar-refractivity contribution in [3.63, 3.8) is 0 Å². The highest BCUT2D eigenvalue weighted by atomic mass is 19.1. The van der Waals surface area contributed by atoms with Gasteiger partial charge in [-0.1, -0.05) is 24.6 Å². The molecule has 1 aromatic rings. The number of carbonyl (C=O) groups is 1. The summed E-state index contributed by atoms with van der Waals surface area (Å²) in [7, 11) is 0. The Morgan fingerprint density at radius 3 is 2.75 bits per heavy atom. The first-order chi connectivity index (χ1) is 9.74. The zero-order valence-electron chi connectivity index (χ0n) is 11.4. The molecule has 1 N–H and O–H groups in total. The Labute approximate surface area is 118 Å². The molecule has 2 aliphatic carbocycles. The molecule has 3 fully saturated rings. The van der Waals surface area contributed by atoms with E-state index in [0.717, 1.165) is 12.3 Å². The number of nitrogens with one attached hydrogen (secondary N) is 1. The first-order valence-electron chi connectivity index (χ1n) is 7.53. The second-order valence-electron chi connectivity index (χ2n) is 6.35. The minimum atomic E-state index is -0.284. The molecule has 4 atom stereocenters. The van der Waals surface area contributed by atoms with Crippen LogP contribution in [0.2, 0.25) is 0 Å². The fraction of sp³-hybridized carbons (Fsp3) is 0.562. The Morgan fingerprint density at radius 1 is 1.20 bits per heavy atom. The number of nitrogens with zero attached hydrogens (tertiary/aromatic N) is 1. The molecule has 1 saturated heterocycles. The van der Waals surface area contributed by atoms with Gasteiger partial charge in [-0.25, -0.2) is 4.39 Å². The van der Waals surface area contributed by atoms with Crippen LogP contribution >= 0.6 is 0 Å². The minimum Gasteiger partial charge on any atom is -0.318 e. The Bertz CT molecular complexity index is 547. The number of carbonyl (C=O) groups excluding carboxylic acids is 1. The summed E-state index contributed by atoms with van der Waals surface area (Å²) in [6.07, 6.45) is 4.60. The smallest absolute Gasteiger partial charge is 0.238 e. The number of fused-ring (bicyclic) bond motifs is 2. The monoisotopic (exact) mass is 274 g/mol. The third-order valence-electron chi connectivity index (χ3n) is 5.27. The highest BCUT2D eigenvalue weighted by molar-refractivity contribution is 5.81. The maximum absolute atomic E-state index is 14.0. The molecule has 4 unspecified atom stereocenters. The van der Waals surface area contributed by atoms with Crippen LogP contribution in [-0.2, 0) is 4.79 Å². The molecule has 20 heavy (non-hydrogen) atoms. The number of halogens is 1. The van der Waals surface area contributed by atoms with E-state index in [1.54, 1.807) is 12.1 Å². The quantitative estimate of drug-likeness (QED) is 0.898. The van der Waals surface area contributed by atoms with Crippen LogP contribution in [0.3, 0.4) is 0 Å². The van der Waals surface area contributed by atoms with Gasteiger partial charge in [0.25, 0.3) is 0 Å². The summed E-state index contributed by atoms with van der Waals surface area (Å²) in [6.45, 7) is 0.326. The molecule has 0 aromatic heterocycles. The van der Waals surface area contributed by atoms with Crippen molar-refractivity contribution in [2.24, 2.45) is 11.8 Å². The van der Waals surface area contributed by atoms with Crippen molar-refractivity contribution >= 4 is 5.91 Å². The number of benzene rings is 1. The maximum atomic E-state index is 14.0. The minimum absolute atomic E-state index is 0.121. The van der Waals surface area contributed by atoms with Crippen molar-refractivity contribution in [2.75, 3.05) is 6.54 Å². The Kier molecular flexibility index (Phi) is 2.81. The molecule has 4 heteroatoms. The standard InChI is InChI=1S/C16H19FN2O/c17-13-4-2-1-3-12(13)16-18-9-15(20)19(16)14-8-10-5-6-11(14)7-10/h1-4,10-11,14,16,18H,5-9H2. The van der Waals surface area contributed by atoms with Crippen LogP contribution < -0.4 is 5.32 Å². The van der Waals surface area contributed by atoms with E-state index in [9.17, 15) is 9.18 Å². The lowest BCUT2D eigenvalue weighted by Crippen LogP contribution is -2.42.